The number of imidazole rings is 1. The molecule has 0 aliphatic heterocycles. The number of nitrogens with one attached hydrogen (secondary N) is 1. The van der Waals surface area contributed by atoms with Crippen LogP contribution in [0.15, 0.2) is 24.7 Å². The second-order valence-electron chi connectivity index (χ2n) is 4.65. The van der Waals surface area contributed by atoms with E-state index in [1.54, 1.807) is 6.20 Å². The Kier molecular flexibility index (Phi) is 3.06. The topological polar surface area (TPSA) is 42.7 Å². The summed E-state index contributed by atoms with van der Waals surface area (Å²) in [5.74, 6) is 1.62. The number of aromatic nitrogens is 3. The molecule has 1 fully saturated rings. The number of halogens is 1. The molecule has 1 saturated carbocycles. The van der Waals surface area contributed by atoms with Gasteiger partial charge in [0.05, 0.1) is 5.02 Å². The van der Waals surface area contributed by atoms with Gasteiger partial charge in [-0.05, 0) is 31.4 Å². The predicted molar refractivity (Wildman–Crippen MR) is 71.0 cm³/mol. The van der Waals surface area contributed by atoms with E-state index in [1.165, 1.54) is 12.8 Å². The molecule has 0 spiro atoms. The van der Waals surface area contributed by atoms with E-state index in [4.69, 9.17) is 11.6 Å². The summed E-state index contributed by atoms with van der Waals surface area (Å²) in [5, 5.41) is 4.11. The largest absolute Gasteiger partial charge is 0.310 e. The molecule has 94 valence electrons. The highest BCUT2D eigenvalue weighted by atomic mass is 35.5. The van der Waals surface area contributed by atoms with E-state index in [2.05, 4.69) is 15.3 Å². The van der Waals surface area contributed by atoms with Crippen molar-refractivity contribution in [2.24, 2.45) is 0 Å². The van der Waals surface area contributed by atoms with Gasteiger partial charge in [0.1, 0.15) is 5.82 Å². The molecule has 0 bridgehead atoms. The maximum atomic E-state index is 6.28. The molecule has 2 aromatic rings. The van der Waals surface area contributed by atoms with Crippen LogP contribution in [0.5, 0.6) is 0 Å². The van der Waals surface area contributed by atoms with E-state index in [0.717, 1.165) is 23.8 Å². The highest BCUT2D eigenvalue weighted by Gasteiger charge is 2.20. The molecule has 18 heavy (non-hydrogen) atoms. The summed E-state index contributed by atoms with van der Waals surface area (Å²) < 4.78 is 1.89. The minimum absolute atomic E-state index is 0.659. The number of aryl methyl sites for hydroxylation is 1. The van der Waals surface area contributed by atoms with Crippen molar-refractivity contribution in [3.63, 3.8) is 0 Å². The van der Waals surface area contributed by atoms with Gasteiger partial charge in [0.15, 0.2) is 5.82 Å². The molecule has 0 amide bonds. The summed E-state index contributed by atoms with van der Waals surface area (Å²) in [6.45, 7) is 2.77. The van der Waals surface area contributed by atoms with Crippen LogP contribution in [-0.4, -0.2) is 20.6 Å². The van der Waals surface area contributed by atoms with Gasteiger partial charge in [-0.3, -0.25) is 4.57 Å². The van der Waals surface area contributed by atoms with Crippen molar-refractivity contribution in [1.82, 2.24) is 19.9 Å². The summed E-state index contributed by atoms with van der Waals surface area (Å²) >= 11 is 6.28. The molecule has 1 N–H and O–H groups in total. The molecule has 1 aliphatic rings. The third-order valence-corrected chi connectivity index (χ3v) is 3.38. The molecule has 0 aromatic carbocycles. The van der Waals surface area contributed by atoms with Gasteiger partial charge in [0, 0.05) is 31.2 Å². The van der Waals surface area contributed by atoms with Gasteiger partial charge in [-0.2, -0.15) is 0 Å². The van der Waals surface area contributed by atoms with Crippen molar-refractivity contribution in [2.45, 2.75) is 32.4 Å². The first-order chi connectivity index (χ1) is 8.74. The van der Waals surface area contributed by atoms with Gasteiger partial charge in [-0.25, -0.2) is 9.97 Å². The van der Waals surface area contributed by atoms with Crippen molar-refractivity contribution in [3.05, 3.63) is 41.1 Å². The third-order valence-electron chi connectivity index (χ3n) is 3.10. The van der Waals surface area contributed by atoms with Crippen LogP contribution in [0.1, 0.15) is 24.2 Å². The molecule has 0 radical (unpaired) electrons. The van der Waals surface area contributed by atoms with E-state index in [0.29, 0.717) is 11.1 Å². The Labute approximate surface area is 111 Å². The fraction of sp³-hybridized carbons (Fsp3) is 0.385. The van der Waals surface area contributed by atoms with Crippen LogP contribution in [0.2, 0.25) is 5.02 Å². The standard InChI is InChI=1S/C13H15ClN4/c1-9-15-4-5-18(9)13-12(14)6-10(8-17-13)7-16-11-2-3-11/h4-6,8,11,16H,2-3,7H2,1H3. The van der Waals surface area contributed by atoms with Crippen LogP contribution in [0.4, 0.5) is 0 Å². The van der Waals surface area contributed by atoms with Gasteiger partial charge in [-0.1, -0.05) is 11.6 Å². The average Bonchev–Trinajstić information content (AvgIpc) is 3.09. The Morgan fingerprint density at radius 2 is 2.28 bits per heavy atom. The third kappa shape index (κ3) is 2.40. The zero-order chi connectivity index (χ0) is 12.5. The van der Waals surface area contributed by atoms with Crippen LogP contribution in [0, 0.1) is 6.92 Å². The van der Waals surface area contributed by atoms with E-state index >= 15 is 0 Å². The fourth-order valence-corrected chi connectivity index (χ4v) is 2.18. The van der Waals surface area contributed by atoms with E-state index < -0.39 is 0 Å². The monoisotopic (exact) mass is 262 g/mol. The quantitative estimate of drug-likeness (QED) is 0.921. The molecule has 4 nitrogen and oxygen atoms in total. The molecule has 0 atom stereocenters. The predicted octanol–water partition coefficient (Wildman–Crippen LogP) is 2.48. The van der Waals surface area contributed by atoms with E-state index in [9.17, 15) is 0 Å². The molecule has 0 saturated heterocycles. The molecule has 0 unspecified atom stereocenters. The normalized spacial score (nSPS) is 15.0. The van der Waals surface area contributed by atoms with E-state index in [-0.39, 0.29) is 0 Å². The SMILES string of the molecule is Cc1nccn1-c1ncc(CNC2CC2)cc1Cl. The Morgan fingerprint density at radius 3 is 2.89 bits per heavy atom. The average molecular weight is 263 g/mol. The number of pyridine rings is 1. The van der Waals surface area contributed by atoms with Crippen LogP contribution in [0.25, 0.3) is 5.82 Å². The fourth-order valence-electron chi connectivity index (χ4n) is 1.90. The van der Waals surface area contributed by atoms with Gasteiger partial charge >= 0.3 is 0 Å². The minimum atomic E-state index is 0.659. The lowest BCUT2D eigenvalue weighted by Crippen LogP contribution is -2.15. The van der Waals surface area contributed by atoms with Gasteiger partial charge in [0.2, 0.25) is 0 Å². The summed E-state index contributed by atoms with van der Waals surface area (Å²) in [4.78, 5) is 8.61. The molecular formula is C13H15ClN4. The summed E-state index contributed by atoms with van der Waals surface area (Å²) in [6, 6.07) is 2.66. The smallest absolute Gasteiger partial charge is 0.156 e. The zero-order valence-electron chi connectivity index (χ0n) is 10.2. The lowest BCUT2D eigenvalue weighted by atomic mass is 10.2. The molecular weight excluding hydrogens is 248 g/mol. The van der Waals surface area contributed by atoms with Crippen molar-refractivity contribution in [2.75, 3.05) is 0 Å². The number of hydrogen-bond acceptors (Lipinski definition) is 3. The summed E-state index contributed by atoms with van der Waals surface area (Å²) in [5.41, 5.74) is 1.12. The van der Waals surface area contributed by atoms with Crippen molar-refractivity contribution >= 4 is 11.6 Å². The van der Waals surface area contributed by atoms with Crippen LogP contribution in [-0.2, 0) is 6.54 Å². The van der Waals surface area contributed by atoms with Crippen LogP contribution >= 0.6 is 11.6 Å². The summed E-state index contributed by atoms with van der Waals surface area (Å²) in [7, 11) is 0. The van der Waals surface area contributed by atoms with Crippen LogP contribution < -0.4 is 5.32 Å². The summed E-state index contributed by atoms with van der Waals surface area (Å²) in [6.07, 6.45) is 8.05. The van der Waals surface area contributed by atoms with Crippen molar-refractivity contribution < 1.29 is 0 Å². The first-order valence-electron chi connectivity index (χ1n) is 6.12. The Bertz CT molecular complexity index is 560. The highest BCUT2D eigenvalue weighted by molar-refractivity contribution is 6.32. The van der Waals surface area contributed by atoms with Gasteiger partial charge < -0.3 is 5.32 Å². The maximum Gasteiger partial charge on any atom is 0.156 e. The zero-order valence-corrected chi connectivity index (χ0v) is 11.0. The van der Waals surface area contributed by atoms with Crippen molar-refractivity contribution in [1.29, 1.82) is 0 Å². The molecule has 5 heteroatoms. The lowest BCUT2D eigenvalue weighted by Gasteiger charge is -2.08. The van der Waals surface area contributed by atoms with E-state index in [1.807, 2.05) is 30.0 Å². The first-order valence-corrected chi connectivity index (χ1v) is 6.50. The van der Waals surface area contributed by atoms with Gasteiger partial charge in [0.25, 0.3) is 0 Å². The van der Waals surface area contributed by atoms with Gasteiger partial charge in [-0.15, -0.1) is 0 Å². The molecule has 2 aromatic heterocycles. The molecule has 3 rings (SSSR count). The minimum Gasteiger partial charge on any atom is -0.310 e. The highest BCUT2D eigenvalue weighted by Crippen LogP contribution is 2.22. The number of hydrogen-bond donors (Lipinski definition) is 1. The van der Waals surface area contributed by atoms with Crippen molar-refractivity contribution in [3.8, 4) is 5.82 Å². The second-order valence-corrected chi connectivity index (χ2v) is 5.06. The second kappa shape index (κ2) is 4.71. The Morgan fingerprint density at radius 1 is 1.44 bits per heavy atom. The first kappa shape index (κ1) is 11.7. The lowest BCUT2D eigenvalue weighted by molar-refractivity contribution is 0.685. The Balaban J connectivity index is 1.82. The maximum absolute atomic E-state index is 6.28. The number of nitrogens with zero attached hydrogens (tertiary/aromatic N) is 3. The number of rotatable bonds is 4. The van der Waals surface area contributed by atoms with Crippen LogP contribution in [0.3, 0.4) is 0 Å². The molecule has 2 heterocycles. The molecule has 1 aliphatic carbocycles. The Hall–Kier alpha value is -1.39.